The van der Waals surface area contributed by atoms with Crippen LogP contribution in [0.2, 0.25) is 5.02 Å². The van der Waals surface area contributed by atoms with Gasteiger partial charge in [0.25, 0.3) is 0 Å². The predicted molar refractivity (Wildman–Crippen MR) is 101 cm³/mol. The van der Waals surface area contributed by atoms with Gasteiger partial charge in [-0.05, 0) is 48.4 Å². The van der Waals surface area contributed by atoms with Crippen LogP contribution in [0.1, 0.15) is 22.3 Å². The van der Waals surface area contributed by atoms with E-state index in [-0.39, 0.29) is 27.1 Å². The Kier molecular flexibility index (Phi) is 5.23. The molecular formula is C18H17ClN2O5S. The largest absolute Gasteiger partial charge is 0.423 e. The Labute approximate surface area is 161 Å². The Hall–Kier alpha value is -2.42. The Morgan fingerprint density at radius 3 is 2.59 bits per heavy atom. The van der Waals surface area contributed by atoms with Crippen LogP contribution < -0.4 is 10.1 Å². The molecule has 7 nitrogen and oxygen atoms in total. The third-order valence-corrected chi connectivity index (χ3v) is 6.26. The molecule has 1 aliphatic rings. The van der Waals surface area contributed by atoms with Crippen LogP contribution in [0.3, 0.4) is 0 Å². The van der Waals surface area contributed by atoms with Crippen LogP contribution in [0, 0.1) is 0 Å². The molecule has 0 radical (unpaired) electrons. The SMILES string of the molecule is CN(C)S(=O)(=O)c1ccc(Cl)c(C(=O)Oc2ccc3c(c2)CCC(=O)N3)c1. The number of halogens is 1. The van der Waals surface area contributed by atoms with Crippen LogP contribution in [-0.2, 0) is 21.2 Å². The number of anilines is 1. The number of nitrogens with zero attached hydrogens (tertiary/aromatic N) is 1. The number of hydrogen-bond donors (Lipinski definition) is 1. The first kappa shape index (κ1) is 19.3. The maximum absolute atomic E-state index is 12.5. The number of aryl methyl sites for hydroxylation is 1. The lowest BCUT2D eigenvalue weighted by Crippen LogP contribution is -2.22. The lowest BCUT2D eigenvalue weighted by atomic mass is 10.0. The number of esters is 1. The summed E-state index contributed by atoms with van der Waals surface area (Å²) in [6, 6.07) is 8.74. The van der Waals surface area contributed by atoms with Crippen molar-refractivity contribution in [1.82, 2.24) is 4.31 Å². The molecule has 0 saturated heterocycles. The van der Waals surface area contributed by atoms with Crippen molar-refractivity contribution in [3.05, 3.63) is 52.5 Å². The van der Waals surface area contributed by atoms with Crippen molar-refractivity contribution in [2.24, 2.45) is 0 Å². The summed E-state index contributed by atoms with van der Waals surface area (Å²) in [5, 5.41) is 2.83. The quantitative estimate of drug-likeness (QED) is 0.620. The molecule has 0 bridgehead atoms. The second kappa shape index (κ2) is 7.30. The van der Waals surface area contributed by atoms with E-state index in [1.165, 1.54) is 32.3 Å². The smallest absolute Gasteiger partial charge is 0.345 e. The fourth-order valence-electron chi connectivity index (χ4n) is 2.62. The minimum atomic E-state index is -3.71. The number of nitrogens with one attached hydrogen (secondary N) is 1. The molecule has 0 fully saturated rings. The van der Waals surface area contributed by atoms with Crippen molar-refractivity contribution in [3.63, 3.8) is 0 Å². The van der Waals surface area contributed by atoms with Gasteiger partial charge in [0.05, 0.1) is 15.5 Å². The normalized spacial score (nSPS) is 13.9. The lowest BCUT2D eigenvalue weighted by molar-refractivity contribution is -0.116. The van der Waals surface area contributed by atoms with E-state index in [1.807, 2.05) is 0 Å². The minimum absolute atomic E-state index is 0.0504. The van der Waals surface area contributed by atoms with Crippen LogP contribution in [0.15, 0.2) is 41.3 Å². The van der Waals surface area contributed by atoms with Crippen molar-refractivity contribution in [3.8, 4) is 5.75 Å². The molecule has 2 aromatic rings. The summed E-state index contributed by atoms with van der Waals surface area (Å²) in [7, 11) is -0.920. The van der Waals surface area contributed by atoms with Crippen molar-refractivity contribution >= 4 is 39.2 Å². The fourth-order valence-corrected chi connectivity index (χ4v) is 3.74. The van der Waals surface area contributed by atoms with Crippen LogP contribution >= 0.6 is 11.6 Å². The van der Waals surface area contributed by atoms with Gasteiger partial charge in [-0.2, -0.15) is 0 Å². The Morgan fingerprint density at radius 1 is 1.15 bits per heavy atom. The molecule has 3 rings (SSSR count). The van der Waals surface area contributed by atoms with Gasteiger partial charge in [-0.3, -0.25) is 4.79 Å². The van der Waals surface area contributed by atoms with Gasteiger partial charge in [0.15, 0.2) is 0 Å². The van der Waals surface area contributed by atoms with Gasteiger partial charge in [0.1, 0.15) is 5.75 Å². The maximum atomic E-state index is 12.5. The van der Waals surface area contributed by atoms with E-state index in [1.54, 1.807) is 18.2 Å². The number of fused-ring (bicyclic) bond motifs is 1. The second-order valence-electron chi connectivity index (χ2n) is 6.19. The van der Waals surface area contributed by atoms with Gasteiger partial charge in [-0.15, -0.1) is 0 Å². The Morgan fingerprint density at radius 2 is 1.89 bits per heavy atom. The highest BCUT2D eigenvalue weighted by atomic mass is 35.5. The second-order valence-corrected chi connectivity index (χ2v) is 8.74. The highest BCUT2D eigenvalue weighted by Gasteiger charge is 2.22. The van der Waals surface area contributed by atoms with Gasteiger partial charge >= 0.3 is 5.97 Å². The molecule has 0 unspecified atom stereocenters. The molecule has 2 aromatic carbocycles. The molecule has 0 atom stereocenters. The highest BCUT2D eigenvalue weighted by molar-refractivity contribution is 7.89. The van der Waals surface area contributed by atoms with Crippen LogP contribution in [-0.4, -0.2) is 38.7 Å². The number of hydrogen-bond acceptors (Lipinski definition) is 5. The molecule has 0 aliphatic carbocycles. The van der Waals surface area contributed by atoms with Gasteiger partial charge < -0.3 is 10.1 Å². The van der Waals surface area contributed by atoms with E-state index in [9.17, 15) is 18.0 Å². The molecule has 142 valence electrons. The van der Waals surface area contributed by atoms with Crippen molar-refractivity contribution < 1.29 is 22.7 Å². The number of rotatable bonds is 4. The molecule has 1 heterocycles. The molecule has 9 heteroatoms. The molecule has 27 heavy (non-hydrogen) atoms. The first-order chi connectivity index (χ1) is 12.7. The first-order valence-corrected chi connectivity index (χ1v) is 9.87. The third-order valence-electron chi connectivity index (χ3n) is 4.12. The number of ether oxygens (including phenoxy) is 1. The summed E-state index contributed by atoms with van der Waals surface area (Å²) >= 11 is 6.06. The molecule has 0 aromatic heterocycles. The number of sulfonamides is 1. The zero-order valence-corrected chi connectivity index (χ0v) is 16.2. The summed E-state index contributed by atoms with van der Waals surface area (Å²) in [6.07, 6.45) is 0.907. The third kappa shape index (κ3) is 3.97. The molecule has 1 N–H and O–H groups in total. The average molecular weight is 409 g/mol. The first-order valence-electron chi connectivity index (χ1n) is 8.05. The fraction of sp³-hybridized carbons (Fsp3) is 0.222. The molecular weight excluding hydrogens is 392 g/mol. The zero-order valence-electron chi connectivity index (χ0n) is 14.7. The molecule has 1 aliphatic heterocycles. The van der Waals surface area contributed by atoms with Gasteiger partial charge in [0.2, 0.25) is 15.9 Å². The van der Waals surface area contributed by atoms with Crippen molar-refractivity contribution in [1.29, 1.82) is 0 Å². The van der Waals surface area contributed by atoms with E-state index in [4.69, 9.17) is 16.3 Å². The maximum Gasteiger partial charge on any atom is 0.345 e. The van der Waals surface area contributed by atoms with Crippen LogP contribution in [0.4, 0.5) is 5.69 Å². The summed E-state index contributed by atoms with van der Waals surface area (Å²) in [4.78, 5) is 23.9. The number of carbonyl (C=O) groups excluding carboxylic acids is 2. The van der Waals surface area contributed by atoms with E-state index in [0.717, 1.165) is 9.87 Å². The summed E-state index contributed by atoms with van der Waals surface area (Å²) in [5.41, 5.74) is 1.49. The molecule has 1 amide bonds. The van der Waals surface area contributed by atoms with E-state index >= 15 is 0 Å². The monoisotopic (exact) mass is 408 g/mol. The zero-order chi connectivity index (χ0) is 19.8. The Balaban J connectivity index is 1.88. The number of amides is 1. The summed E-state index contributed by atoms with van der Waals surface area (Å²) < 4.78 is 30.9. The van der Waals surface area contributed by atoms with Gasteiger partial charge in [-0.25, -0.2) is 17.5 Å². The van der Waals surface area contributed by atoms with Crippen molar-refractivity contribution in [2.75, 3.05) is 19.4 Å². The topological polar surface area (TPSA) is 92.8 Å². The predicted octanol–water partition coefficient (Wildman–Crippen LogP) is 2.69. The molecule has 0 spiro atoms. The van der Waals surface area contributed by atoms with E-state index in [0.29, 0.717) is 18.5 Å². The van der Waals surface area contributed by atoms with E-state index in [2.05, 4.69) is 5.32 Å². The van der Waals surface area contributed by atoms with Crippen LogP contribution in [0.25, 0.3) is 0 Å². The highest BCUT2D eigenvalue weighted by Crippen LogP contribution is 2.28. The number of benzene rings is 2. The van der Waals surface area contributed by atoms with Gasteiger partial charge in [0, 0.05) is 26.2 Å². The average Bonchev–Trinajstić information content (AvgIpc) is 2.61. The summed E-state index contributed by atoms with van der Waals surface area (Å²) in [5.74, 6) is -0.541. The minimum Gasteiger partial charge on any atom is -0.423 e. The lowest BCUT2D eigenvalue weighted by Gasteiger charge is -2.17. The van der Waals surface area contributed by atoms with Crippen molar-refractivity contribution in [2.45, 2.75) is 17.7 Å². The summed E-state index contributed by atoms with van der Waals surface area (Å²) in [6.45, 7) is 0. The number of carbonyl (C=O) groups is 2. The van der Waals surface area contributed by atoms with Gasteiger partial charge in [-0.1, -0.05) is 11.6 Å². The van der Waals surface area contributed by atoms with Crippen LogP contribution in [0.5, 0.6) is 5.75 Å². The molecule has 0 saturated carbocycles. The standard InChI is InChI=1S/C18H17ClN2O5S/c1-21(2)27(24,25)13-5-6-15(19)14(10-13)18(23)26-12-4-7-16-11(9-12)3-8-17(22)20-16/h4-7,9-10H,3,8H2,1-2H3,(H,20,22). The van der Waals surface area contributed by atoms with E-state index < -0.39 is 16.0 Å². The Bertz CT molecular complexity index is 1030.